The van der Waals surface area contributed by atoms with Gasteiger partial charge in [0.1, 0.15) is 0 Å². The lowest BCUT2D eigenvalue weighted by Crippen LogP contribution is -2.16. The Morgan fingerprint density at radius 2 is 1.10 bits per heavy atom. The summed E-state index contributed by atoms with van der Waals surface area (Å²) in [5, 5.41) is 0. The molecule has 0 saturated carbocycles. The fraction of sp³-hybridized carbons (Fsp3) is 0.360. The van der Waals surface area contributed by atoms with E-state index < -0.39 is 11.9 Å². The van der Waals surface area contributed by atoms with Crippen LogP contribution in [0, 0.1) is 13.2 Å². The molecule has 0 N–H and O–H groups in total. The zero-order valence-corrected chi connectivity index (χ0v) is 18.6. The van der Waals surface area contributed by atoms with Gasteiger partial charge in [0.25, 0.3) is 0 Å². The molecule has 2 aromatic rings. The predicted octanol–water partition coefficient (Wildman–Crippen LogP) is 6.30. The largest absolute Gasteiger partial charge is 0.373 e. The molecule has 2 radical (unpaired) electrons. The van der Waals surface area contributed by atoms with Crippen LogP contribution in [0.1, 0.15) is 90.6 Å². The third-order valence-corrected chi connectivity index (χ3v) is 4.68. The molecule has 0 amide bonds. The first kappa shape index (κ1) is 24.6. The summed E-state index contributed by atoms with van der Waals surface area (Å²) in [6.45, 7) is 12.0. The smallest absolute Gasteiger partial charge is 0.289 e. The van der Waals surface area contributed by atoms with E-state index in [1.165, 1.54) is 0 Å². The van der Waals surface area contributed by atoms with Crippen LogP contribution in [0.25, 0.3) is 0 Å². The molecule has 0 aliphatic rings. The number of rotatable bonds is 11. The topological polar surface area (TPSA) is 71.1 Å². The highest BCUT2D eigenvalue weighted by Crippen LogP contribution is 2.20. The Balaban J connectivity index is 1.90. The van der Waals surface area contributed by atoms with Crippen molar-refractivity contribution in [3.8, 4) is 0 Å². The minimum Gasteiger partial charge on any atom is -0.289 e. The summed E-state index contributed by atoms with van der Waals surface area (Å²) in [6.07, 6.45) is 1.31. The number of benzene rings is 2. The molecule has 0 unspecified atom stereocenters. The second-order valence-corrected chi connectivity index (χ2v) is 7.79. The molecular weight excluding hydrogens is 396 g/mol. The second-order valence-electron chi connectivity index (χ2n) is 7.79. The normalized spacial score (nSPS) is 11.2. The van der Waals surface area contributed by atoms with Crippen LogP contribution in [-0.2, 0) is 19.6 Å². The van der Waals surface area contributed by atoms with Crippen LogP contribution in [0.3, 0.4) is 0 Å². The van der Waals surface area contributed by atoms with Gasteiger partial charge < -0.3 is 0 Å². The number of carbonyl (C=O) groups is 2. The summed E-state index contributed by atoms with van der Waals surface area (Å²) in [7, 11) is 0. The third-order valence-electron chi connectivity index (χ3n) is 4.68. The summed E-state index contributed by atoms with van der Waals surface area (Å²) >= 11 is 0. The highest BCUT2D eigenvalue weighted by molar-refractivity contribution is 5.89. The van der Waals surface area contributed by atoms with Crippen molar-refractivity contribution in [2.24, 2.45) is 0 Å². The fourth-order valence-electron chi connectivity index (χ4n) is 2.64. The molecule has 0 bridgehead atoms. The molecule has 0 aromatic heterocycles. The van der Waals surface area contributed by atoms with Crippen molar-refractivity contribution in [3.63, 3.8) is 0 Å². The van der Waals surface area contributed by atoms with Crippen LogP contribution in [0.5, 0.6) is 0 Å². The van der Waals surface area contributed by atoms with E-state index in [2.05, 4.69) is 34.6 Å². The third kappa shape index (κ3) is 7.81. The van der Waals surface area contributed by atoms with E-state index >= 15 is 0 Å². The monoisotopic (exact) mass is 426 g/mol. The SMILES string of the molecule is [CH2]CCC[C](OOC(=O)c1ccc(C(C)C)cc1)OOC(=O)c1ccc(C(C)C)cc1. The second kappa shape index (κ2) is 12.2. The number of carbonyl (C=O) groups excluding carboxylic acids is 2. The molecule has 0 atom stereocenters. The molecule has 166 valence electrons. The van der Waals surface area contributed by atoms with Crippen molar-refractivity contribution >= 4 is 11.9 Å². The quantitative estimate of drug-likeness (QED) is 0.310. The molecule has 6 nitrogen and oxygen atoms in total. The number of unbranched alkanes of at least 4 members (excludes halogenated alkanes) is 1. The maximum atomic E-state index is 12.2. The molecular formula is C25H30O6. The molecule has 0 aliphatic heterocycles. The lowest BCUT2D eigenvalue weighted by atomic mass is 10.0. The van der Waals surface area contributed by atoms with Gasteiger partial charge in [0.2, 0.25) is 0 Å². The van der Waals surface area contributed by atoms with Crippen LogP contribution in [-0.4, -0.2) is 11.9 Å². The van der Waals surface area contributed by atoms with E-state index in [-0.39, 0.29) is 12.7 Å². The van der Waals surface area contributed by atoms with Crippen LogP contribution in [0.4, 0.5) is 0 Å². The van der Waals surface area contributed by atoms with Gasteiger partial charge in [-0.3, -0.25) is 9.78 Å². The van der Waals surface area contributed by atoms with Crippen LogP contribution < -0.4 is 0 Å². The Morgan fingerprint density at radius 3 is 1.42 bits per heavy atom. The van der Waals surface area contributed by atoms with Crippen molar-refractivity contribution in [3.05, 3.63) is 84.0 Å². The van der Waals surface area contributed by atoms with Crippen LogP contribution >= 0.6 is 0 Å². The molecule has 0 fully saturated rings. The maximum Gasteiger partial charge on any atom is 0.373 e. The Bertz CT molecular complexity index is 757. The minimum absolute atomic E-state index is 0.136. The van der Waals surface area contributed by atoms with E-state index in [9.17, 15) is 9.59 Å². The highest BCUT2D eigenvalue weighted by Gasteiger charge is 2.21. The molecule has 6 heteroatoms. The van der Waals surface area contributed by atoms with E-state index in [1.54, 1.807) is 24.3 Å². The van der Waals surface area contributed by atoms with Gasteiger partial charge in [-0.15, -0.1) is 9.78 Å². The first-order valence-corrected chi connectivity index (χ1v) is 10.4. The van der Waals surface area contributed by atoms with Crippen molar-refractivity contribution in [1.82, 2.24) is 0 Å². The summed E-state index contributed by atoms with van der Waals surface area (Å²) in [5.74, 6) is -0.648. The van der Waals surface area contributed by atoms with Crippen molar-refractivity contribution < 1.29 is 29.1 Å². The number of hydrogen-bond acceptors (Lipinski definition) is 6. The first-order valence-electron chi connectivity index (χ1n) is 10.4. The summed E-state index contributed by atoms with van der Waals surface area (Å²) in [6, 6.07) is 14.1. The zero-order chi connectivity index (χ0) is 22.8. The predicted molar refractivity (Wildman–Crippen MR) is 117 cm³/mol. The average molecular weight is 427 g/mol. The summed E-state index contributed by atoms with van der Waals surface area (Å²) in [4.78, 5) is 44.2. The van der Waals surface area contributed by atoms with Gasteiger partial charge in [-0.2, -0.15) is 0 Å². The van der Waals surface area contributed by atoms with Crippen LogP contribution in [0.2, 0.25) is 0 Å². The maximum absolute atomic E-state index is 12.2. The van der Waals surface area contributed by atoms with Gasteiger partial charge in [0.05, 0.1) is 11.1 Å². The Morgan fingerprint density at radius 1 is 0.710 bits per heavy atom. The molecule has 0 heterocycles. The Hall–Kier alpha value is -2.70. The van der Waals surface area contributed by atoms with Gasteiger partial charge in [-0.05, 0) is 53.6 Å². The minimum atomic E-state index is -0.679. The fourth-order valence-corrected chi connectivity index (χ4v) is 2.64. The first-order chi connectivity index (χ1) is 14.8. The molecule has 2 rings (SSSR count). The summed E-state index contributed by atoms with van der Waals surface area (Å²) < 4.78 is 0. The van der Waals surface area contributed by atoms with Crippen molar-refractivity contribution in [2.75, 3.05) is 0 Å². The lowest BCUT2D eigenvalue weighted by molar-refractivity contribution is -0.363. The Labute approximate surface area is 184 Å². The Kier molecular flexibility index (Phi) is 9.69. The molecule has 0 aliphatic carbocycles. The van der Waals surface area contributed by atoms with E-state index in [4.69, 9.17) is 19.6 Å². The van der Waals surface area contributed by atoms with Gasteiger partial charge >= 0.3 is 18.2 Å². The molecule has 31 heavy (non-hydrogen) atoms. The van der Waals surface area contributed by atoms with Gasteiger partial charge in [-0.25, -0.2) is 9.59 Å². The zero-order valence-electron chi connectivity index (χ0n) is 18.6. The van der Waals surface area contributed by atoms with E-state index in [0.29, 0.717) is 35.8 Å². The van der Waals surface area contributed by atoms with Gasteiger partial charge in [0, 0.05) is 6.42 Å². The molecule has 0 spiro atoms. The average Bonchev–Trinajstić information content (AvgIpc) is 2.78. The van der Waals surface area contributed by atoms with E-state index in [0.717, 1.165) is 11.1 Å². The van der Waals surface area contributed by atoms with Gasteiger partial charge in [0.15, 0.2) is 0 Å². The lowest BCUT2D eigenvalue weighted by Gasteiger charge is -2.13. The number of hydrogen-bond donors (Lipinski definition) is 0. The summed E-state index contributed by atoms with van der Waals surface area (Å²) in [5.41, 5.74) is 2.89. The van der Waals surface area contributed by atoms with Crippen molar-refractivity contribution in [1.29, 1.82) is 0 Å². The van der Waals surface area contributed by atoms with E-state index in [1.807, 2.05) is 24.3 Å². The highest BCUT2D eigenvalue weighted by atomic mass is 17.3. The van der Waals surface area contributed by atoms with Gasteiger partial charge in [-0.1, -0.05) is 65.3 Å². The molecule has 0 saturated heterocycles. The molecule has 2 aromatic carbocycles. The standard InChI is InChI=1S/C25H30O6/c1-6-7-8-23(28-30-24(26)21-13-9-19(10-14-21)17(2)3)29-31-25(27)22-15-11-20(12-16-22)18(4)5/h9-18H,1,6-8H2,2-5H3. The van der Waals surface area contributed by atoms with Crippen LogP contribution in [0.15, 0.2) is 48.5 Å². The van der Waals surface area contributed by atoms with Crippen molar-refractivity contribution in [2.45, 2.75) is 58.8 Å².